The molecule has 0 aliphatic carbocycles. The number of carbonyl (C=O) groups is 1. The lowest BCUT2D eigenvalue weighted by atomic mass is 10.1. The van der Waals surface area contributed by atoms with Gasteiger partial charge in [-0.2, -0.15) is 0 Å². The summed E-state index contributed by atoms with van der Waals surface area (Å²) < 4.78 is 11.2. The third kappa shape index (κ3) is 7.24. The smallest absolute Gasteiger partial charge is 0.251 e. The highest BCUT2D eigenvalue weighted by Gasteiger charge is 2.14. The molecule has 2 aromatic rings. The van der Waals surface area contributed by atoms with Gasteiger partial charge in [-0.05, 0) is 48.7 Å². The van der Waals surface area contributed by atoms with Crippen molar-refractivity contribution in [1.29, 1.82) is 0 Å². The molecule has 0 unspecified atom stereocenters. The van der Waals surface area contributed by atoms with Crippen molar-refractivity contribution >= 4 is 5.91 Å². The average molecular weight is 440 g/mol. The molecule has 0 bridgehead atoms. The average Bonchev–Trinajstić information content (AvgIpc) is 2.80. The standard InChI is InChI=1S/C26H37N3O3/c1-20(2)11-16-32-24-10-9-23(17-25(24)31-4)26(30)27-18-21-5-7-22(8-6-21)19-29-14-12-28(3)13-15-29/h5-10,17,20H,11-16,18-19H2,1-4H3,(H,27,30). The molecule has 1 aliphatic heterocycles. The van der Waals surface area contributed by atoms with E-state index in [0.717, 1.165) is 44.7 Å². The third-order valence-electron chi connectivity index (χ3n) is 5.86. The Kier molecular flexibility index (Phi) is 8.94. The Bertz CT molecular complexity index is 859. The van der Waals surface area contributed by atoms with E-state index in [-0.39, 0.29) is 5.91 Å². The van der Waals surface area contributed by atoms with E-state index >= 15 is 0 Å². The van der Waals surface area contributed by atoms with Gasteiger partial charge in [-0.15, -0.1) is 0 Å². The summed E-state index contributed by atoms with van der Waals surface area (Å²) in [5.74, 6) is 1.70. The van der Waals surface area contributed by atoms with E-state index in [1.807, 2.05) is 0 Å². The number of methoxy groups -OCH3 is 1. The van der Waals surface area contributed by atoms with Gasteiger partial charge in [0.1, 0.15) is 0 Å². The van der Waals surface area contributed by atoms with Crippen LogP contribution in [0.4, 0.5) is 0 Å². The van der Waals surface area contributed by atoms with Crippen LogP contribution < -0.4 is 14.8 Å². The van der Waals surface area contributed by atoms with Crippen molar-refractivity contribution in [2.75, 3.05) is 46.9 Å². The number of rotatable bonds is 10. The maximum atomic E-state index is 12.6. The summed E-state index contributed by atoms with van der Waals surface area (Å²) >= 11 is 0. The molecule has 1 N–H and O–H groups in total. The third-order valence-corrected chi connectivity index (χ3v) is 5.86. The molecular weight excluding hydrogens is 402 g/mol. The van der Waals surface area contributed by atoms with Gasteiger partial charge >= 0.3 is 0 Å². The quantitative estimate of drug-likeness (QED) is 0.610. The number of hydrogen-bond donors (Lipinski definition) is 1. The lowest BCUT2D eigenvalue weighted by Gasteiger charge is -2.32. The molecule has 1 amide bonds. The van der Waals surface area contributed by atoms with Crippen LogP contribution in [-0.2, 0) is 13.1 Å². The molecule has 1 fully saturated rings. The van der Waals surface area contributed by atoms with E-state index in [1.54, 1.807) is 25.3 Å². The van der Waals surface area contributed by atoms with Crippen LogP contribution in [0, 0.1) is 5.92 Å². The number of benzene rings is 2. The second-order valence-corrected chi connectivity index (χ2v) is 8.98. The number of amides is 1. The minimum Gasteiger partial charge on any atom is -0.493 e. The summed E-state index contributed by atoms with van der Waals surface area (Å²) in [6.07, 6.45) is 0.972. The van der Waals surface area contributed by atoms with Crippen molar-refractivity contribution in [3.05, 3.63) is 59.2 Å². The van der Waals surface area contributed by atoms with Crippen LogP contribution in [0.2, 0.25) is 0 Å². The number of hydrogen-bond acceptors (Lipinski definition) is 5. The van der Waals surface area contributed by atoms with Crippen LogP contribution in [0.15, 0.2) is 42.5 Å². The number of likely N-dealkylation sites (N-methyl/N-ethyl adjacent to an activating group) is 1. The number of ether oxygens (including phenoxy) is 2. The monoisotopic (exact) mass is 439 g/mol. The zero-order valence-corrected chi connectivity index (χ0v) is 19.9. The largest absolute Gasteiger partial charge is 0.493 e. The fourth-order valence-corrected chi connectivity index (χ4v) is 3.64. The molecule has 2 aromatic carbocycles. The Balaban J connectivity index is 1.50. The zero-order valence-electron chi connectivity index (χ0n) is 19.9. The molecule has 0 spiro atoms. The first-order valence-corrected chi connectivity index (χ1v) is 11.5. The Morgan fingerprint density at radius 2 is 1.69 bits per heavy atom. The number of piperazine rings is 1. The highest BCUT2D eigenvalue weighted by atomic mass is 16.5. The Morgan fingerprint density at radius 1 is 1.00 bits per heavy atom. The lowest BCUT2D eigenvalue weighted by Crippen LogP contribution is -2.43. The van der Waals surface area contributed by atoms with E-state index in [0.29, 0.717) is 36.1 Å². The van der Waals surface area contributed by atoms with Crippen LogP contribution in [0.25, 0.3) is 0 Å². The highest BCUT2D eigenvalue weighted by Crippen LogP contribution is 2.28. The first-order valence-electron chi connectivity index (χ1n) is 11.5. The van der Waals surface area contributed by atoms with E-state index in [4.69, 9.17) is 9.47 Å². The van der Waals surface area contributed by atoms with Gasteiger partial charge in [-0.25, -0.2) is 0 Å². The molecule has 1 saturated heterocycles. The molecule has 1 heterocycles. The number of carbonyl (C=O) groups excluding carboxylic acids is 1. The molecule has 6 nitrogen and oxygen atoms in total. The molecule has 32 heavy (non-hydrogen) atoms. The van der Waals surface area contributed by atoms with Gasteiger partial charge in [0.05, 0.1) is 13.7 Å². The van der Waals surface area contributed by atoms with E-state index in [1.165, 1.54) is 5.56 Å². The van der Waals surface area contributed by atoms with Crippen LogP contribution in [0.1, 0.15) is 41.8 Å². The SMILES string of the molecule is COc1cc(C(=O)NCc2ccc(CN3CCN(C)CC3)cc2)ccc1OCCC(C)C. The van der Waals surface area contributed by atoms with Crippen molar-refractivity contribution in [2.24, 2.45) is 5.92 Å². The highest BCUT2D eigenvalue weighted by molar-refractivity contribution is 5.94. The molecule has 6 heteroatoms. The molecule has 0 atom stereocenters. The second kappa shape index (κ2) is 11.9. The molecule has 0 aromatic heterocycles. The van der Waals surface area contributed by atoms with Gasteiger partial charge in [0.2, 0.25) is 0 Å². The molecule has 0 radical (unpaired) electrons. The fraction of sp³-hybridized carbons (Fsp3) is 0.500. The minimum atomic E-state index is -0.126. The summed E-state index contributed by atoms with van der Waals surface area (Å²) in [5.41, 5.74) is 2.95. The van der Waals surface area contributed by atoms with Crippen molar-refractivity contribution in [1.82, 2.24) is 15.1 Å². The predicted octanol–water partition coefficient (Wildman–Crippen LogP) is 3.80. The van der Waals surface area contributed by atoms with Crippen molar-refractivity contribution in [3.63, 3.8) is 0 Å². The maximum Gasteiger partial charge on any atom is 0.251 e. The summed E-state index contributed by atoms with van der Waals surface area (Å²) in [7, 11) is 3.77. The van der Waals surface area contributed by atoms with Crippen LogP contribution in [0.5, 0.6) is 11.5 Å². The van der Waals surface area contributed by atoms with Gasteiger partial charge in [0.25, 0.3) is 5.91 Å². The lowest BCUT2D eigenvalue weighted by molar-refractivity contribution is 0.0950. The van der Waals surface area contributed by atoms with Crippen molar-refractivity contribution < 1.29 is 14.3 Å². The van der Waals surface area contributed by atoms with Gasteiger partial charge in [-0.3, -0.25) is 9.69 Å². The maximum absolute atomic E-state index is 12.6. The van der Waals surface area contributed by atoms with Crippen LogP contribution in [0.3, 0.4) is 0 Å². The van der Waals surface area contributed by atoms with E-state index < -0.39 is 0 Å². The Hall–Kier alpha value is -2.57. The first-order chi connectivity index (χ1) is 15.4. The summed E-state index contributed by atoms with van der Waals surface area (Å²) in [6, 6.07) is 13.8. The first kappa shape index (κ1) is 24.1. The Morgan fingerprint density at radius 3 is 2.34 bits per heavy atom. The van der Waals surface area contributed by atoms with E-state index in [9.17, 15) is 4.79 Å². The van der Waals surface area contributed by atoms with Gasteiger partial charge in [-0.1, -0.05) is 38.1 Å². The molecular formula is C26H37N3O3. The fourth-order valence-electron chi connectivity index (χ4n) is 3.64. The normalized spacial score (nSPS) is 15.0. The minimum absolute atomic E-state index is 0.126. The van der Waals surface area contributed by atoms with Gasteiger partial charge in [0.15, 0.2) is 11.5 Å². The second-order valence-electron chi connectivity index (χ2n) is 8.98. The summed E-state index contributed by atoms with van der Waals surface area (Å²) in [4.78, 5) is 17.5. The van der Waals surface area contributed by atoms with E-state index in [2.05, 4.69) is 60.3 Å². The van der Waals surface area contributed by atoms with Gasteiger partial charge in [0, 0.05) is 44.8 Å². The predicted molar refractivity (Wildman–Crippen MR) is 128 cm³/mol. The molecule has 174 valence electrons. The summed E-state index contributed by atoms with van der Waals surface area (Å²) in [6.45, 7) is 10.9. The zero-order chi connectivity index (χ0) is 22.9. The number of nitrogens with zero attached hydrogens (tertiary/aromatic N) is 2. The van der Waals surface area contributed by atoms with Crippen molar-refractivity contribution in [3.8, 4) is 11.5 Å². The Labute approximate surface area is 192 Å². The summed E-state index contributed by atoms with van der Waals surface area (Å²) in [5, 5.41) is 3.00. The molecule has 1 aliphatic rings. The molecule has 0 saturated carbocycles. The van der Waals surface area contributed by atoms with Crippen LogP contribution in [-0.4, -0.2) is 62.7 Å². The van der Waals surface area contributed by atoms with Gasteiger partial charge < -0.3 is 19.7 Å². The number of nitrogens with one attached hydrogen (secondary N) is 1. The molecule has 3 rings (SSSR count). The topological polar surface area (TPSA) is 54.0 Å². The van der Waals surface area contributed by atoms with Crippen molar-refractivity contribution in [2.45, 2.75) is 33.4 Å². The van der Waals surface area contributed by atoms with Crippen LogP contribution >= 0.6 is 0 Å².